The van der Waals surface area contributed by atoms with Gasteiger partial charge in [0.2, 0.25) is 0 Å². The second kappa shape index (κ2) is 10.5. The highest BCUT2D eigenvalue weighted by molar-refractivity contribution is 8.15. The summed E-state index contributed by atoms with van der Waals surface area (Å²) in [7, 11) is 0. The number of aryl methyl sites for hydroxylation is 2. The van der Waals surface area contributed by atoms with Crippen LogP contribution in [-0.4, -0.2) is 22.7 Å². The molecule has 0 aromatic heterocycles. The number of hydrogen-bond donors (Lipinski definition) is 3. The summed E-state index contributed by atoms with van der Waals surface area (Å²) in [6.07, 6.45) is 0. The van der Waals surface area contributed by atoms with Gasteiger partial charge in [0, 0.05) is 40.0 Å². The number of fused-ring (bicyclic) bond motifs is 1. The SMILES string of the molecule is CC1=C(C(=O)Nc2ccccc2C)C(c2ccccc2)C2=C(NC(=O)Nc3cccc(C)c3)CSC2=N1. The van der Waals surface area contributed by atoms with Gasteiger partial charge in [-0.25, -0.2) is 9.79 Å². The minimum absolute atomic E-state index is 0.198. The average molecular weight is 509 g/mol. The van der Waals surface area contributed by atoms with Crippen molar-refractivity contribution < 1.29 is 9.59 Å². The van der Waals surface area contributed by atoms with Gasteiger partial charge in [0.15, 0.2) is 0 Å². The van der Waals surface area contributed by atoms with E-state index in [1.54, 1.807) is 11.8 Å². The lowest BCUT2D eigenvalue weighted by molar-refractivity contribution is -0.113. The first-order valence-electron chi connectivity index (χ1n) is 12.1. The molecule has 2 aliphatic heterocycles. The molecule has 0 fully saturated rings. The van der Waals surface area contributed by atoms with Gasteiger partial charge in [-0.2, -0.15) is 0 Å². The van der Waals surface area contributed by atoms with E-state index in [4.69, 9.17) is 4.99 Å². The fourth-order valence-electron chi connectivity index (χ4n) is 4.68. The molecule has 37 heavy (non-hydrogen) atoms. The zero-order valence-electron chi connectivity index (χ0n) is 21.0. The Hall–Kier alpha value is -4.10. The van der Waals surface area contributed by atoms with Gasteiger partial charge in [-0.05, 0) is 55.7 Å². The van der Waals surface area contributed by atoms with Crippen LogP contribution < -0.4 is 16.0 Å². The molecule has 0 bridgehead atoms. The molecule has 1 unspecified atom stereocenters. The third kappa shape index (κ3) is 5.22. The smallest absolute Gasteiger partial charge is 0.322 e. The predicted octanol–water partition coefficient (Wildman–Crippen LogP) is 6.53. The number of para-hydroxylation sites is 1. The fourth-order valence-corrected chi connectivity index (χ4v) is 5.79. The van der Waals surface area contributed by atoms with E-state index < -0.39 is 0 Å². The number of carbonyl (C=O) groups is 2. The van der Waals surface area contributed by atoms with Crippen LogP contribution in [0.5, 0.6) is 0 Å². The number of allylic oxidation sites excluding steroid dienone is 1. The summed E-state index contributed by atoms with van der Waals surface area (Å²) in [4.78, 5) is 31.5. The van der Waals surface area contributed by atoms with Crippen molar-refractivity contribution in [3.05, 3.63) is 118 Å². The van der Waals surface area contributed by atoms with Gasteiger partial charge >= 0.3 is 6.03 Å². The maximum absolute atomic E-state index is 13.7. The Labute approximate surface area is 221 Å². The molecule has 5 rings (SSSR count). The van der Waals surface area contributed by atoms with Crippen LogP contribution in [0.4, 0.5) is 16.2 Å². The first-order chi connectivity index (χ1) is 17.9. The van der Waals surface area contributed by atoms with Gasteiger partial charge in [0.25, 0.3) is 5.91 Å². The van der Waals surface area contributed by atoms with Crippen molar-refractivity contribution in [2.75, 3.05) is 16.4 Å². The summed E-state index contributed by atoms with van der Waals surface area (Å²) in [5.74, 6) is 0.0111. The Kier molecular flexibility index (Phi) is 6.97. The number of hydrogen-bond acceptors (Lipinski definition) is 4. The largest absolute Gasteiger partial charge is 0.323 e. The molecule has 3 aromatic rings. The van der Waals surface area contributed by atoms with Gasteiger partial charge in [-0.3, -0.25) is 4.79 Å². The highest BCUT2D eigenvalue weighted by Gasteiger charge is 2.39. The predicted molar refractivity (Wildman–Crippen MR) is 152 cm³/mol. The molecule has 0 aliphatic carbocycles. The summed E-state index contributed by atoms with van der Waals surface area (Å²) in [6, 6.07) is 25.0. The highest BCUT2D eigenvalue weighted by Crippen LogP contribution is 2.45. The Morgan fingerprint density at radius 2 is 1.62 bits per heavy atom. The number of anilines is 2. The molecule has 3 aromatic carbocycles. The minimum Gasteiger partial charge on any atom is -0.322 e. The molecule has 186 valence electrons. The van der Waals surface area contributed by atoms with E-state index in [1.165, 1.54) is 0 Å². The van der Waals surface area contributed by atoms with Crippen molar-refractivity contribution in [3.8, 4) is 0 Å². The van der Waals surface area contributed by atoms with E-state index in [0.717, 1.165) is 44.4 Å². The molecule has 3 amide bonds. The monoisotopic (exact) mass is 508 g/mol. The Morgan fingerprint density at radius 3 is 2.38 bits per heavy atom. The highest BCUT2D eigenvalue weighted by atomic mass is 32.2. The van der Waals surface area contributed by atoms with Crippen LogP contribution in [0.3, 0.4) is 0 Å². The number of amides is 3. The van der Waals surface area contributed by atoms with Gasteiger partial charge in [-0.15, -0.1) is 0 Å². The van der Waals surface area contributed by atoms with E-state index in [1.807, 2.05) is 99.6 Å². The molecular weight excluding hydrogens is 480 g/mol. The van der Waals surface area contributed by atoms with Crippen molar-refractivity contribution in [2.24, 2.45) is 4.99 Å². The normalized spacial score (nSPS) is 16.7. The number of nitrogens with zero attached hydrogens (tertiary/aromatic N) is 1. The molecule has 0 spiro atoms. The van der Waals surface area contributed by atoms with E-state index >= 15 is 0 Å². The molecule has 2 aliphatic rings. The van der Waals surface area contributed by atoms with E-state index in [-0.39, 0.29) is 17.9 Å². The summed E-state index contributed by atoms with van der Waals surface area (Å²) in [5, 5.41) is 9.90. The molecule has 3 N–H and O–H groups in total. The standard InChI is InChI=1S/C30H28N4O2S/c1-18-10-9-14-22(16-18)32-30(36)34-24-17-37-29-27(24)26(21-12-5-4-6-13-21)25(20(3)31-29)28(35)33-23-15-8-7-11-19(23)2/h4-16,26H,17H2,1-3H3,(H,33,35)(H2,32,34,36). The molecule has 0 saturated heterocycles. The molecule has 1 atom stereocenters. The first-order valence-corrected chi connectivity index (χ1v) is 13.1. The van der Waals surface area contributed by atoms with Crippen LogP contribution in [0.15, 0.2) is 106 Å². The maximum Gasteiger partial charge on any atom is 0.323 e. The van der Waals surface area contributed by atoms with Gasteiger partial charge in [-0.1, -0.05) is 72.4 Å². The number of urea groups is 1. The summed E-state index contributed by atoms with van der Waals surface area (Å²) < 4.78 is 0. The van der Waals surface area contributed by atoms with E-state index in [9.17, 15) is 9.59 Å². The number of thioether (sulfide) groups is 1. The fraction of sp³-hybridized carbons (Fsp3) is 0.167. The number of carbonyl (C=O) groups excluding carboxylic acids is 2. The number of benzene rings is 3. The summed E-state index contributed by atoms with van der Waals surface area (Å²) >= 11 is 1.58. The second-order valence-electron chi connectivity index (χ2n) is 9.16. The Morgan fingerprint density at radius 1 is 0.865 bits per heavy atom. The Balaban J connectivity index is 1.52. The lowest BCUT2D eigenvalue weighted by Crippen LogP contribution is -2.32. The third-order valence-corrected chi connectivity index (χ3v) is 7.47. The van der Waals surface area contributed by atoms with Crippen molar-refractivity contribution in [3.63, 3.8) is 0 Å². The summed E-state index contributed by atoms with van der Waals surface area (Å²) in [5.41, 5.74) is 7.39. The lowest BCUT2D eigenvalue weighted by Gasteiger charge is -2.28. The average Bonchev–Trinajstić information content (AvgIpc) is 3.26. The van der Waals surface area contributed by atoms with Crippen LogP contribution in [0, 0.1) is 13.8 Å². The quantitative estimate of drug-likeness (QED) is 0.366. The van der Waals surface area contributed by atoms with E-state index in [0.29, 0.717) is 17.0 Å². The van der Waals surface area contributed by atoms with Crippen molar-refractivity contribution in [2.45, 2.75) is 26.7 Å². The topological polar surface area (TPSA) is 82.6 Å². The molecule has 0 radical (unpaired) electrons. The molecular formula is C30H28N4O2S. The first kappa shape index (κ1) is 24.6. The van der Waals surface area contributed by atoms with Crippen LogP contribution in [0.1, 0.15) is 29.5 Å². The summed E-state index contributed by atoms with van der Waals surface area (Å²) in [6.45, 7) is 5.82. The molecule has 6 nitrogen and oxygen atoms in total. The van der Waals surface area contributed by atoms with Crippen molar-refractivity contribution in [1.29, 1.82) is 0 Å². The van der Waals surface area contributed by atoms with Crippen LogP contribution >= 0.6 is 11.8 Å². The third-order valence-electron chi connectivity index (χ3n) is 6.46. The van der Waals surface area contributed by atoms with Crippen LogP contribution in [-0.2, 0) is 4.79 Å². The zero-order chi connectivity index (χ0) is 25.9. The number of rotatable bonds is 5. The van der Waals surface area contributed by atoms with Crippen LogP contribution in [0.2, 0.25) is 0 Å². The second-order valence-corrected chi connectivity index (χ2v) is 10.1. The minimum atomic E-state index is -0.359. The van der Waals surface area contributed by atoms with Gasteiger partial charge < -0.3 is 16.0 Å². The van der Waals surface area contributed by atoms with Crippen molar-refractivity contribution in [1.82, 2.24) is 5.32 Å². The molecule has 0 saturated carbocycles. The zero-order valence-corrected chi connectivity index (χ0v) is 21.8. The van der Waals surface area contributed by atoms with E-state index in [2.05, 4.69) is 16.0 Å². The van der Waals surface area contributed by atoms with Gasteiger partial charge in [0.05, 0.1) is 5.57 Å². The molecule has 2 heterocycles. The van der Waals surface area contributed by atoms with Crippen molar-refractivity contribution >= 4 is 40.1 Å². The number of aliphatic imine (C=N–C) groups is 1. The molecule has 7 heteroatoms. The van der Waals surface area contributed by atoms with Crippen LogP contribution in [0.25, 0.3) is 0 Å². The maximum atomic E-state index is 13.7. The Bertz CT molecular complexity index is 1470. The van der Waals surface area contributed by atoms with Gasteiger partial charge in [0.1, 0.15) is 5.04 Å². The number of nitrogens with one attached hydrogen (secondary N) is 3. The lowest BCUT2D eigenvalue weighted by atomic mass is 9.81.